The maximum Gasteiger partial charge on any atom is 0.358 e. The van der Waals surface area contributed by atoms with Gasteiger partial charge in [0.25, 0.3) is 0 Å². The minimum Gasteiger partial charge on any atom is -0.497 e. The molecule has 6 heteroatoms. The number of carbonyl (C=O) groups is 1. The zero-order valence-corrected chi connectivity index (χ0v) is 9.47. The van der Waals surface area contributed by atoms with E-state index in [-0.39, 0.29) is 12.3 Å². The molecule has 2 heterocycles. The second-order valence-corrected chi connectivity index (χ2v) is 3.79. The van der Waals surface area contributed by atoms with Gasteiger partial charge in [-0.3, -0.25) is 0 Å². The zero-order chi connectivity index (χ0) is 12.7. The number of benzene rings is 1. The number of carboxylic acids is 1. The van der Waals surface area contributed by atoms with Crippen LogP contribution in [0.4, 0.5) is 0 Å². The number of ether oxygens (including phenoxy) is 2. The van der Waals surface area contributed by atoms with Gasteiger partial charge in [0.1, 0.15) is 18.1 Å². The van der Waals surface area contributed by atoms with Crippen molar-refractivity contribution in [2.45, 2.75) is 6.61 Å². The molecule has 3 rings (SSSR count). The Hall–Kier alpha value is -2.50. The molecule has 0 spiro atoms. The lowest BCUT2D eigenvalue weighted by Crippen LogP contribution is -2.08. The Morgan fingerprint density at radius 3 is 3.06 bits per heavy atom. The molecule has 0 saturated heterocycles. The Labute approximate surface area is 102 Å². The summed E-state index contributed by atoms with van der Waals surface area (Å²) in [7, 11) is 1.55. The summed E-state index contributed by atoms with van der Waals surface area (Å²) in [5.74, 6) is 0.553. The van der Waals surface area contributed by atoms with Crippen molar-refractivity contribution < 1.29 is 23.9 Å². The molecule has 92 valence electrons. The fraction of sp³-hybridized carbons (Fsp3) is 0.167. The van der Waals surface area contributed by atoms with Gasteiger partial charge in [-0.25, -0.2) is 4.79 Å². The van der Waals surface area contributed by atoms with Crippen molar-refractivity contribution in [3.05, 3.63) is 29.5 Å². The van der Waals surface area contributed by atoms with Gasteiger partial charge in [-0.2, -0.15) is 0 Å². The van der Waals surface area contributed by atoms with Crippen molar-refractivity contribution in [3.63, 3.8) is 0 Å². The van der Waals surface area contributed by atoms with Crippen molar-refractivity contribution in [2.24, 2.45) is 0 Å². The molecule has 0 atom stereocenters. The van der Waals surface area contributed by atoms with Crippen molar-refractivity contribution in [3.8, 4) is 22.8 Å². The number of hydrogen-bond donors (Lipinski definition) is 1. The predicted molar refractivity (Wildman–Crippen MR) is 59.8 cm³/mol. The fourth-order valence-electron chi connectivity index (χ4n) is 1.91. The Balaban J connectivity index is 2.19. The number of nitrogens with zero attached hydrogens (tertiary/aromatic N) is 1. The van der Waals surface area contributed by atoms with Crippen LogP contribution in [0.3, 0.4) is 0 Å². The number of methoxy groups -OCH3 is 1. The van der Waals surface area contributed by atoms with Gasteiger partial charge in [-0.05, 0) is 18.2 Å². The first kappa shape index (κ1) is 10.6. The van der Waals surface area contributed by atoms with E-state index < -0.39 is 5.97 Å². The van der Waals surface area contributed by atoms with E-state index in [1.807, 2.05) is 0 Å². The Kier molecular flexibility index (Phi) is 2.22. The van der Waals surface area contributed by atoms with Gasteiger partial charge >= 0.3 is 5.97 Å². The highest BCUT2D eigenvalue weighted by molar-refractivity contribution is 5.90. The van der Waals surface area contributed by atoms with Gasteiger partial charge < -0.3 is 19.1 Å². The third kappa shape index (κ3) is 1.42. The average molecular weight is 247 g/mol. The fourth-order valence-corrected chi connectivity index (χ4v) is 1.91. The van der Waals surface area contributed by atoms with Gasteiger partial charge in [-0.1, -0.05) is 5.16 Å². The van der Waals surface area contributed by atoms with E-state index in [1.54, 1.807) is 25.3 Å². The lowest BCUT2D eigenvalue weighted by atomic mass is 10.0. The van der Waals surface area contributed by atoms with Crippen LogP contribution in [0.1, 0.15) is 16.1 Å². The summed E-state index contributed by atoms with van der Waals surface area (Å²) in [6.07, 6.45) is 0. The quantitative estimate of drug-likeness (QED) is 0.873. The number of aromatic carboxylic acids is 1. The highest BCUT2D eigenvalue weighted by Crippen LogP contribution is 2.40. The zero-order valence-electron chi connectivity index (χ0n) is 9.47. The lowest BCUT2D eigenvalue weighted by molar-refractivity contribution is 0.0683. The summed E-state index contributed by atoms with van der Waals surface area (Å²) < 4.78 is 15.7. The van der Waals surface area contributed by atoms with Crippen molar-refractivity contribution >= 4 is 5.97 Å². The third-order valence-electron chi connectivity index (χ3n) is 2.79. The number of fused-ring (bicyclic) bond motifs is 3. The first-order valence-electron chi connectivity index (χ1n) is 5.23. The second-order valence-electron chi connectivity index (χ2n) is 3.79. The first-order chi connectivity index (χ1) is 8.70. The number of carboxylic acid groups (broad SMARTS) is 1. The molecule has 2 aromatic rings. The molecular formula is C12H9NO5. The van der Waals surface area contributed by atoms with Crippen LogP contribution in [-0.2, 0) is 6.61 Å². The summed E-state index contributed by atoms with van der Waals surface area (Å²) in [5, 5.41) is 12.5. The van der Waals surface area contributed by atoms with E-state index in [0.717, 1.165) is 0 Å². The summed E-state index contributed by atoms with van der Waals surface area (Å²) in [4.78, 5) is 11.0. The van der Waals surface area contributed by atoms with Gasteiger partial charge in [0.05, 0.1) is 18.2 Å². The van der Waals surface area contributed by atoms with Crippen LogP contribution in [-0.4, -0.2) is 23.3 Å². The largest absolute Gasteiger partial charge is 0.497 e. The maximum absolute atomic E-state index is 11.0. The van der Waals surface area contributed by atoms with E-state index >= 15 is 0 Å². The molecular weight excluding hydrogens is 238 g/mol. The maximum atomic E-state index is 11.0. The van der Waals surface area contributed by atoms with Crippen LogP contribution >= 0.6 is 0 Å². The molecule has 6 nitrogen and oxygen atoms in total. The minimum atomic E-state index is -1.13. The monoisotopic (exact) mass is 247 g/mol. The van der Waals surface area contributed by atoms with Crippen LogP contribution in [0.5, 0.6) is 11.5 Å². The lowest BCUT2D eigenvalue weighted by Gasteiger charge is -2.16. The molecule has 0 fully saturated rings. The molecule has 0 amide bonds. The van der Waals surface area contributed by atoms with E-state index in [0.29, 0.717) is 28.4 Å². The molecule has 1 N–H and O–H groups in total. The van der Waals surface area contributed by atoms with Crippen LogP contribution < -0.4 is 9.47 Å². The highest BCUT2D eigenvalue weighted by Gasteiger charge is 2.28. The molecule has 0 aliphatic carbocycles. The normalized spacial score (nSPS) is 12.3. The average Bonchev–Trinajstić information content (AvgIpc) is 2.82. The van der Waals surface area contributed by atoms with Crippen LogP contribution in [0.2, 0.25) is 0 Å². The van der Waals surface area contributed by atoms with E-state index in [2.05, 4.69) is 5.16 Å². The van der Waals surface area contributed by atoms with E-state index in [4.69, 9.17) is 19.1 Å². The van der Waals surface area contributed by atoms with Crippen molar-refractivity contribution in [2.75, 3.05) is 7.11 Å². The van der Waals surface area contributed by atoms with Crippen LogP contribution in [0.25, 0.3) is 11.3 Å². The predicted octanol–water partition coefficient (Wildman–Crippen LogP) is 1.94. The molecule has 1 aliphatic rings. The molecule has 0 unspecified atom stereocenters. The molecule has 0 radical (unpaired) electrons. The second kappa shape index (κ2) is 3.76. The van der Waals surface area contributed by atoms with Crippen molar-refractivity contribution in [1.29, 1.82) is 0 Å². The molecule has 0 saturated carbocycles. The van der Waals surface area contributed by atoms with Crippen LogP contribution in [0, 0.1) is 0 Å². The van der Waals surface area contributed by atoms with Gasteiger partial charge in [0, 0.05) is 0 Å². The molecule has 1 aromatic heterocycles. The minimum absolute atomic E-state index is 0.113. The molecule has 1 aromatic carbocycles. The summed E-state index contributed by atoms with van der Waals surface area (Å²) in [6, 6.07) is 5.24. The third-order valence-corrected chi connectivity index (χ3v) is 2.79. The standard InChI is InChI=1S/C12H9NO5/c1-16-6-2-3-9-7(4-6)11-8(5-17-9)10(12(14)15)13-18-11/h2-4H,5H2,1H3,(H,14,15). The number of rotatable bonds is 2. The van der Waals surface area contributed by atoms with Gasteiger partial charge in [0.15, 0.2) is 11.5 Å². The van der Waals surface area contributed by atoms with Crippen LogP contribution in [0.15, 0.2) is 22.7 Å². The summed E-state index contributed by atoms with van der Waals surface area (Å²) in [5.41, 5.74) is 0.984. The first-order valence-corrected chi connectivity index (χ1v) is 5.23. The van der Waals surface area contributed by atoms with E-state index in [9.17, 15) is 4.79 Å². The number of aromatic nitrogens is 1. The Morgan fingerprint density at radius 1 is 1.50 bits per heavy atom. The topological polar surface area (TPSA) is 81.8 Å². The van der Waals surface area contributed by atoms with Crippen molar-refractivity contribution in [1.82, 2.24) is 5.16 Å². The molecule has 18 heavy (non-hydrogen) atoms. The highest BCUT2D eigenvalue weighted by atomic mass is 16.5. The summed E-state index contributed by atoms with van der Waals surface area (Å²) in [6.45, 7) is 0.139. The Bertz CT molecular complexity index is 631. The van der Waals surface area contributed by atoms with E-state index in [1.165, 1.54) is 0 Å². The van der Waals surface area contributed by atoms with Gasteiger partial charge in [0.2, 0.25) is 0 Å². The molecule has 0 bridgehead atoms. The Morgan fingerprint density at radius 2 is 2.33 bits per heavy atom. The number of hydrogen-bond acceptors (Lipinski definition) is 5. The molecule has 1 aliphatic heterocycles. The summed E-state index contributed by atoms with van der Waals surface area (Å²) >= 11 is 0. The smallest absolute Gasteiger partial charge is 0.358 e. The SMILES string of the molecule is COc1ccc2c(c1)-c1onc(C(=O)O)c1CO2. The van der Waals surface area contributed by atoms with Gasteiger partial charge in [-0.15, -0.1) is 0 Å².